The molecule has 1 unspecified atom stereocenters. The van der Waals surface area contributed by atoms with Gasteiger partial charge in [0.15, 0.2) is 0 Å². The Bertz CT molecular complexity index is 315. The minimum Gasteiger partial charge on any atom is -0.380 e. The summed E-state index contributed by atoms with van der Waals surface area (Å²) in [4.78, 5) is 8.49. The van der Waals surface area contributed by atoms with Gasteiger partial charge in [0.05, 0.1) is 18.3 Å². The normalized spacial score (nSPS) is 12.8. The average Bonchev–Trinajstić information content (AvgIpc) is 2.26. The Morgan fingerprint density at radius 1 is 1.31 bits per heavy atom. The van der Waals surface area contributed by atoms with Crippen molar-refractivity contribution < 1.29 is 4.74 Å². The number of hydrogen-bond donors (Lipinski definition) is 1. The van der Waals surface area contributed by atoms with Crippen molar-refractivity contribution in [2.24, 2.45) is 5.92 Å². The highest BCUT2D eigenvalue weighted by Crippen LogP contribution is 2.12. The maximum absolute atomic E-state index is 5.46. The largest absolute Gasteiger partial charge is 0.380 e. The van der Waals surface area contributed by atoms with E-state index < -0.39 is 0 Å². The van der Waals surface area contributed by atoms with Crippen LogP contribution in [0.1, 0.15) is 26.5 Å². The average molecular weight is 223 g/mol. The van der Waals surface area contributed by atoms with Crippen LogP contribution >= 0.6 is 0 Å². The molecule has 1 atom stereocenters. The smallest absolute Gasteiger partial charge is 0.147 e. The zero-order chi connectivity index (χ0) is 12.0. The summed E-state index contributed by atoms with van der Waals surface area (Å²) in [5.41, 5.74) is 0.921. The summed E-state index contributed by atoms with van der Waals surface area (Å²) < 4.78 is 5.46. The molecule has 1 N–H and O–H groups in total. The predicted molar refractivity (Wildman–Crippen MR) is 65.5 cm³/mol. The molecule has 0 bridgehead atoms. The number of rotatable bonds is 6. The first-order valence-corrected chi connectivity index (χ1v) is 5.77. The number of aryl methyl sites for hydroxylation is 1. The maximum Gasteiger partial charge on any atom is 0.147 e. The van der Waals surface area contributed by atoms with Crippen molar-refractivity contribution in [2.75, 3.05) is 18.5 Å². The molecule has 0 aromatic carbocycles. The van der Waals surface area contributed by atoms with E-state index in [9.17, 15) is 0 Å². The minimum absolute atomic E-state index is 0.273. The first kappa shape index (κ1) is 12.9. The number of ether oxygens (including phenoxy) is 1. The van der Waals surface area contributed by atoms with Crippen LogP contribution in [0.2, 0.25) is 0 Å². The first-order chi connectivity index (χ1) is 7.65. The molecule has 0 aliphatic rings. The van der Waals surface area contributed by atoms with E-state index in [4.69, 9.17) is 4.74 Å². The summed E-state index contributed by atoms with van der Waals surface area (Å²) in [7, 11) is 0. The van der Waals surface area contributed by atoms with Crippen molar-refractivity contribution in [3.05, 3.63) is 18.1 Å². The Labute approximate surface area is 97.5 Å². The standard InChI is InChI=1S/C12H21N3O/c1-5-16-8-11(9(2)3)15-12-10(4)13-6-7-14-12/h6-7,9,11H,5,8H2,1-4H3,(H,14,15). The molecule has 90 valence electrons. The second-order valence-electron chi connectivity index (χ2n) is 4.14. The van der Waals surface area contributed by atoms with Gasteiger partial charge in [-0.15, -0.1) is 0 Å². The fourth-order valence-corrected chi connectivity index (χ4v) is 1.37. The molecule has 0 fully saturated rings. The summed E-state index contributed by atoms with van der Waals surface area (Å²) >= 11 is 0. The van der Waals surface area contributed by atoms with Crippen LogP contribution < -0.4 is 5.32 Å². The van der Waals surface area contributed by atoms with Gasteiger partial charge in [0.1, 0.15) is 5.82 Å². The van der Waals surface area contributed by atoms with Crippen LogP contribution in [-0.4, -0.2) is 29.2 Å². The Kier molecular flexibility index (Phi) is 5.19. The van der Waals surface area contributed by atoms with E-state index in [1.54, 1.807) is 12.4 Å². The van der Waals surface area contributed by atoms with Crippen LogP contribution in [-0.2, 0) is 4.74 Å². The van der Waals surface area contributed by atoms with Crippen LogP contribution in [0.4, 0.5) is 5.82 Å². The second kappa shape index (κ2) is 6.43. The molecule has 0 amide bonds. The zero-order valence-corrected chi connectivity index (χ0v) is 10.5. The molecule has 0 spiro atoms. The lowest BCUT2D eigenvalue weighted by molar-refractivity contribution is 0.126. The third kappa shape index (κ3) is 3.77. The van der Waals surface area contributed by atoms with E-state index in [-0.39, 0.29) is 6.04 Å². The molecule has 1 heterocycles. The SMILES string of the molecule is CCOCC(Nc1nccnc1C)C(C)C. The Morgan fingerprint density at radius 3 is 2.56 bits per heavy atom. The van der Waals surface area contributed by atoms with Gasteiger partial charge in [-0.25, -0.2) is 4.98 Å². The van der Waals surface area contributed by atoms with E-state index in [0.717, 1.165) is 18.1 Å². The van der Waals surface area contributed by atoms with Gasteiger partial charge in [-0.2, -0.15) is 0 Å². The highest BCUT2D eigenvalue weighted by molar-refractivity contribution is 5.39. The molecular weight excluding hydrogens is 202 g/mol. The Balaban J connectivity index is 2.64. The van der Waals surface area contributed by atoms with Gasteiger partial charge in [0, 0.05) is 19.0 Å². The highest BCUT2D eigenvalue weighted by atomic mass is 16.5. The molecule has 1 aromatic rings. The van der Waals surface area contributed by atoms with E-state index in [2.05, 4.69) is 29.1 Å². The lowest BCUT2D eigenvalue weighted by Gasteiger charge is -2.23. The molecule has 0 aliphatic heterocycles. The van der Waals surface area contributed by atoms with E-state index in [0.29, 0.717) is 12.5 Å². The van der Waals surface area contributed by atoms with Gasteiger partial charge in [-0.3, -0.25) is 4.98 Å². The molecule has 1 rings (SSSR count). The van der Waals surface area contributed by atoms with Gasteiger partial charge in [0.2, 0.25) is 0 Å². The summed E-state index contributed by atoms with van der Waals surface area (Å²) in [6.45, 7) is 9.73. The molecule has 16 heavy (non-hydrogen) atoms. The third-order valence-electron chi connectivity index (χ3n) is 2.51. The highest BCUT2D eigenvalue weighted by Gasteiger charge is 2.14. The molecule has 0 radical (unpaired) electrons. The first-order valence-electron chi connectivity index (χ1n) is 5.77. The van der Waals surface area contributed by atoms with Gasteiger partial charge in [-0.1, -0.05) is 13.8 Å². The second-order valence-corrected chi connectivity index (χ2v) is 4.14. The van der Waals surface area contributed by atoms with Crippen molar-refractivity contribution in [2.45, 2.75) is 33.7 Å². The number of nitrogens with one attached hydrogen (secondary N) is 1. The van der Waals surface area contributed by atoms with E-state index in [1.165, 1.54) is 0 Å². The van der Waals surface area contributed by atoms with Crippen molar-refractivity contribution in [3.8, 4) is 0 Å². The lowest BCUT2D eigenvalue weighted by Crippen LogP contribution is -2.31. The van der Waals surface area contributed by atoms with Crippen LogP contribution in [0.25, 0.3) is 0 Å². The third-order valence-corrected chi connectivity index (χ3v) is 2.51. The fraction of sp³-hybridized carbons (Fsp3) is 0.667. The van der Waals surface area contributed by atoms with Crippen molar-refractivity contribution >= 4 is 5.82 Å². The minimum atomic E-state index is 0.273. The Hall–Kier alpha value is -1.16. The predicted octanol–water partition coefficient (Wildman–Crippen LogP) is 2.26. The number of anilines is 1. The fourth-order valence-electron chi connectivity index (χ4n) is 1.37. The Morgan fingerprint density at radius 2 is 2.00 bits per heavy atom. The van der Waals surface area contributed by atoms with E-state index in [1.807, 2.05) is 13.8 Å². The summed E-state index contributed by atoms with van der Waals surface area (Å²) in [5, 5.41) is 3.38. The monoisotopic (exact) mass is 223 g/mol. The number of aromatic nitrogens is 2. The van der Waals surface area contributed by atoms with Crippen molar-refractivity contribution in [1.29, 1.82) is 0 Å². The van der Waals surface area contributed by atoms with Gasteiger partial charge < -0.3 is 10.1 Å². The van der Waals surface area contributed by atoms with Crippen LogP contribution in [0, 0.1) is 12.8 Å². The number of nitrogens with zero attached hydrogens (tertiary/aromatic N) is 2. The van der Waals surface area contributed by atoms with Crippen LogP contribution in [0.15, 0.2) is 12.4 Å². The van der Waals surface area contributed by atoms with E-state index >= 15 is 0 Å². The molecule has 0 aliphatic carbocycles. The molecule has 0 saturated heterocycles. The van der Waals surface area contributed by atoms with Crippen LogP contribution in [0.5, 0.6) is 0 Å². The van der Waals surface area contributed by atoms with Crippen molar-refractivity contribution in [1.82, 2.24) is 9.97 Å². The van der Waals surface area contributed by atoms with Gasteiger partial charge >= 0.3 is 0 Å². The summed E-state index contributed by atoms with van der Waals surface area (Å²) in [6.07, 6.45) is 3.40. The molecule has 4 nitrogen and oxygen atoms in total. The maximum atomic E-state index is 5.46. The molecule has 4 heteroatoms. The quantitative estimate of drug-likeness (QED) is 0.803. The molecular formula is C12H21N3O. The number of hydrogen-bond acceptors (Lipinski definition) is 4. The van der Waals surface area contributed by atoms with Gasteiger partial charge in [-0.05, 0) is 19.8 Å². The summed E-state index contributed by atoms with van der Waals surface area (Å²) in [6, 6.07) is 0.273. The van der Waals surface area contributed by atoms with Crippen molar-refractivity contribution in [3.63, 3.8) is 0 Å². The van der Waals surface area contributed by atoms with Gasteiger partial charge in [0.25, 0.3) is 0 Å². The summed E-state index contributed by atoms with van der Waals surface area (Å²) in [5.74, 6) is 1.34. The molecule has 0 saturated carbocycles. The molecule has 1 aromatic heterocycles. The lowest BCUT2D eigenvalue weighted by atomic mass is 10.1. The topological polar surface area (TPSA) is 47.0 Å². The van der Waals surface area contributed by atoms with Crippen LogP contribution in [0.3, 0.4) is 0 Å². The zero-order valence-electron chi connectivity index (χ0n) is 10.5.